The van der Waals surface area contributed by atoms with Gasteiger partial charge in [0.05, 0.1) is 23.2 Å². The smallest absolute Gasteiger partial charge is 0.416 e. The first-order chi connectivity index (χ1) is 16.8. The van der Waals surface area contributed by atoms with E-state index in [1.807, 2.05) is 0 Å². The van der Waals surface area contributed by atoms with Crippen LogP contribution in [0.5, 0.6) is 5.75 Å². The molecular weight excluding hydrogens is 512 g/mol. The molecule has 0 aliphatic rings. The molecule has 0 aliphatic carbocycles. The second-order valence-electron chi connectivity index (χ2n) is 7.90. The van der Waals surface area contributed by atoms with Crippen molar-refractivity contribution in [3.8, 4) is 5.75 Å². The quantitative estimate of drug-likeness (QED) is 0.262. The van der Waals surface area contributed by atoms with E-state index in [1.165, 1.54) is 18.2 Å². The van der Waals surface area contributed by atoms with Gasteiger partial charge in [0, 0.05) is 33.2 Å². The van der Waals surface area contributed by atoms with Gasteiger partial charge in [-0.2, -0.15) is 26.3 Å². The number of carboxylic acid groups (broad SMARTS) is 1. The fraction of sp³-hybridized carbons (Fsp3) is 0.160. The molecule has 11 heteroatoms. The minimum absolute atomic E-state index is 0.0630. The lowest BCUT2D eigenvalue weighted by Gasteiger charge is -2.18. The average Bonchev–Trinajstić information content (AvgIpc) is 3.20. The van der Waals surface area contributed by atoms with E-state index < -0.39 is 41.6 Å². The number of hydrogen-bond donors (Lipinski definition) is 1. The van der Waals surface area contributed by atoms with Crippen LogP contribution in [0.15, 0.2) is 66.9 Å². The van der Waals surface area contributed by atoms with Crippen LogP contribution in [0.2, 0.25) is 5.02 Å². The molecule has 4 rings (SSSR count). The van der Waals surface area contributed by atoms with E-state index in [0.717, 1.165) is 6.07 Å². The first-order valence-electron chi connectivity index (χ1n) is 10.3. The Morgan fingerprint density at radius 1 is 0.917 bits per heavy atom. The van der Waals surface area contributed by atoms with Gasteiger partial charge in [0.15, 0.2) is 0 Å². The van der Waals surface area contributed by atoms with Crippen molar-refractivity contribution in [3.63, 3.8) is 0 Å². The zero-order valence-electron chi connectivity index (χ0n) is 18.1. The van der Waals surface area contributed by atoms with Crippen LogP contribution in [-0.2, 0) is 25.5 Å². The highest BCUT2D eigenvalue weighted by atomic mass is 35.5. The molecule has 0 amide bonds. The monoisotopic (exact) mass is 527 g/mol. The van der Waals surface area contributed by atoms with Gasteiger partial charge >= 0.3 is 18.3 Å². The second kappa shape index (κ2) is 9.42. The van der Waals surface area contributed by atoms with Gasteiger partial charge in [-0.25, -0.2) is 4.79 Å². The maximum Gasteiger partial charge on any atom is 0.416 e. The molecule has 3 aromatic carbocycles. The van der Waals surface area contributed by atoms with Gasteiger partial charge in [-0.05, 0) is 48.5 Å². The molecule has 0 fully saturated rings. The van der Waals surface area contributed by atoms with Crippen molar-refractivity contribution >= 4 is 28.5 Å². The molecule has 0 saturated heterocycles. The lowest BCUT2D eigenvalue weighted by molar-refractivity contribution is -0.143. The third-order valence-corrected chi connectivity index (χ3v) is 5.77. The van der Waals surface area contributed by atoms with Crippen molar-refractivity contribution in [2.75, 3.05) is 0 Å². The van der Waals surface area contributed by atoms with Crippen molar-refractivity contribution in [2.24, 2.45) is 0 Å². The number of carboxylic acids is 1. The Bertz CT molecular complexity index is 1440. The number of benzene rings is 3. The highest BCUT2D eigenvalue weighted by Gasteiger charge is 2.38. The number of rotatable bonds is 6. The van der Waals surface area contributed by atoms with Crippen LogP contribution in [0.1, 0.15) is 32.6 Å². The number of alkyl halides is 6. The molecule has 0 radical (unpaired) electrons. The Balaban J connectivity index is 1.65. The summed E-state index contributed by atoms with van der Waals surface area (Å²) in [5, 5.41) is 10.2. The minimum atomic E-state index is -5.02. The van der Waals surface area contributed by atoms with E-state index in [-0.39, 0.29) is 23.9 Å². The third kappa shape index (κ3) is 5.28. The standard InChI is InChI=1S/C25H16ClF6NO3/c26-17-6-7-22(36-13-14-4-5-16(24(27,28)29)11-20(14)25(30,31)32)15(10-17)12-33-9-8-18-19(23(34)35)2-1-3-21(18)33/h1-11H,12-13H2,(H,34,35). The molecule has 0 bridgehead atoms. The van der Waals surface area contributed by atoms with Gasteiger partial charge in [-0.1, -0.05) is 23.7 Å². The fourth-order valence-corrected chi connectivity index (χ4v) is 4.04. The number of aromatic carboxylic acids is 1. The molecule has 4 aromatic rings. The first-order valence-corrected chi connectivity index (χ1v) is 10.7. The fourth-order valence-electron chi connectivity index (χ4n) is 3.84. The van der Waals surface area contributed by atoms with Gasteiger partial charge in [-0.3, -0.25) is 0 Å². The van der Waals surface area contributed by atoms with Gasteiger partial charge in [0.25, 0.3) is 0 Å². The number of aromatic nitrogens is 1. The Labute approximate surface area is 205 Å². The number of ether oxygens (including phenoxy) is 1. The van der Waals surface area contributed by atoms with Crippen LogP contribution >= 0.6 is 11.6 Å². The Kier molecular flexibility index (Phi) is 6.66. The van der Waals surface area contributed by atoms with E-state index in [4.69, 9.17) is 16.3 Å². The average molecular weight is 528 g/mol. The molecule has 4 nitrogen and oxygen atoms in total. The van der Waals surface area contributed by atoms with Gasteiger partial charge in [-0.15, -0.1) is 0 Å². The van der Waals surface area contributed by atoms with E-state index in [0.29, 0.717) is 27.6 Å². The van der Waals surface area contributed by atoms with E-state index in [1.54, 1.807) is 35.0 Å². The summed E-state index contributed by atoms with van der Waals surface area (Å²) in [7, 11) is 0. The van der Waals surface area contributed by atoms with Crippen LogP contribution in [-0.4, -0.2) is 15.6 Å². The zero-order valence-corrected chi connectivity index (χ0v) is 18.9. The maximum atomic E-state index is 13.5. The van der Waals surface area contributed by atoms with Crippen molar-refractivity contribution in [2.45, 2.75) is 25.5 Å². The van der Waals surface area contributed by atoms with Crippen molar-refractivity contribution in [3.05, 3.63) is 99.7 Å². The number of nitrogens with zero attached hydrogens (tertiary/aromatic N) is 1. The molecule has 1 aromatic heterocycles. The van der Waals surface area contributed by atoms with Crippen molar-refractivity contribution < 1.29 is 41.0 Å². The highest BCUT2D eigenvalue weighted by Crippen LogP contribution is 2.38. The van der Waals surface area contributed by atoms with Crippen LogP contribution in [0, 0.1) is 0 Å². The molecule has 0 aliphatic heterocycles. The Morgan fingerprint density at radius 3 is 2.33 bits per heavy atom. The third-order valence-electron chi connectivity index (χ3n) is 5.53. The molecule has 1 N–H and O–H groups in total. The second-order valence-corrected chi connectivity index (χ2v) is 8.33. The summed E-state index contributed by atoms with van der Waals surface area (Å²) in [6.07, 6.45) is -8.29. The highest BCUT2D eigenvalue weighted by molar-refractivity contribution is 6.30. The molecule has 0 atom stereocenters. The SMILES string of the molecule is O=C(O)c1cccc2c1ccn2Cc1cc(Cl)ccc1OCc1ccc(C(F)(F)F)cc1C(F)(F)F. The molecule has 0 unspecified atom stereocenters. The molecule has 0 spiro atoms. The van der Waals surface area contributed by atoms with Gasteiger partial charge < -0.3 is 14.4 Å². The largest absolute Gasteiger partial charge is 0.489 e. The van der Waals surface area contributed by atoms with Crippen LogP contribution in [0.3, 0.4) is 0 Å². The lowest BCUT2D eigenvalue weighted by Crippen LogP contribution is -2.15. The first kappa shape index (κ1) is 25.4. The van der Waals surface area contributed by atoms with E-state index >= 15 is 0 Å². The number of carbonyl (C=O) groups is 1. The van der Waals surface area contributed by atoms with Crippen LogP contribution in [0.4, 0.5) is 26.3 Å². The summed E-state index contributed by atoms with van der Waals surface area (Å²) in [4.78, 5) is 11.5. The molecule has 36 heavy (non-hydrogen) atoms. The van der Waals surface area contributed by atoms with E-state index in [9.17, 15) is 36.2 Å². The molecule has 188 valence electrons. The number of halogens is 7. The maximum absolute atomic E-state index is 13.5. The summed E-state index contributed by atoms with van der Waals surface area (Å²) >= 11 is 6.11. The van der Waals surface area contributed by atoms with Crippen molar-refractivity contribution in [1.82, 2.24) is 4.57 Å². The Morgan fingerprint density at radius 2 is 1.67 bits per heavy atom. The molecule has 0 saturated carbocycles. The molecule has 1 heterocycles. The normalized spacial score (nSPS) is 12.2. The topological polar surface area (TPSA) is 51.5 Å². The number of hydrogen-bond acceptors (Lipinski definition) is 2. The zero-order chi connectivity index (χ0) is 26.3. The summed E-state index contributed by atoms with van der Waals surface area (Å²) in [6.45, 7) is -0.501. The molecular formula is C25H16ClF6NO3. The van der Waals surface area contributed by atoms with Crippen LogP contribution in [0.25, 0.3) is 10.9 Å². The number of fused-ring (bicyclic) bond motifs is 1. The van der Waals surface area contributed by atoms with Gasteiger partial charge in [0.2, 0.25) is 0 Å². The summed E-state index contributed by atoms with van der Waals surface area (Å²) in [6, 6.07) is 12.2. The van der Waals surface area contributed by atoms with Gasteiger partial charge in [0.1, 0.15) is 12.4 Å². The van der Waals surface area contributed by atoms with Crippen LogP contribution < -0.4 is 4.74 Å². The summed E-state index contributed by atoms with van der Waals surface area (Å²) in [5.74, 6) is -0.925. The lowest BCUT2D eigenvalue weighted by atomic mass is 10.0. The Hall–Kier alpha value is -3.66. The predicted octanol–water partition coefficient (Wildman–Crippen LogP) is 7.66. The minimum Gasteiger partial charge on any atom is -0.489 e. The van der Waals surface area contributed by atoms with Crippen molar-refractivity contribution in [1.29, 1.82) is 0 Å². The predicted molar refractivity (Wildman–Crippen MR) is 120 cm³/mol. The summed E-state index contributed by atoms with van der Waals surface area (Å²) < 4.78 is 86.6. The van der Waals surface area contributed by atoms with E-state index in [2.05, 4.69) is 0 Å². The summed E-state index contributed by atoms with van der Waals surface area (Å²) in [5.41, 5.74) is -2.13.